The van der Waals surface area contributed by atoms with E-state index in [-0.39, 0.29) is 17.6 Å². The Labute approximate surface area is 167 Å². The van der Waals surface area contributed by atoms with Crippen molar-refractivity contribution < 1.29 is 4.79 Å². The van der Waals surface area contributed by atoms with Crippen LogP contribution in [-0.2, 0) is 17.9 Å². The molecule has 0 saturated carbocycles. The van der Waals surface area contributed by atoms with Gasteiger partial charge >= 0.3 is 5.69 Å². The number of rotatable bonds is 7. The van der Waals surface area contributed by atoms with Crippen LogP contribution in [0.2, 0.25) is 0 Å². The standard InChI is InChI=1S/C22H34N4O2/c1-5-25-19-8-6-7-9-20(19)26(22(25)28)11-10-21(27)23-18(4)15-24-13-16(2)12-17(3)14-24/h6-9,16-18H,5,10-15H2,1-4H3,(H,23,27). The molecule has 3 atom stereocenters. The summed E-state index contributed by atoms with van der Waals surface area (Å²) in [4.78, 5) is 27.6. The number of hydrogen-bond donors (Lipinski definition) is 1. The second-order valence-electron chi connectivity index (χ2n) is 8.55. The first-order chi connectivity index (χ1) is 13.4. The molecule has 1 aliphatic rings. The number of amides is 1. The summed E-state index contributed by atoms with van der Waals surface area (Å²) in [5.74, 6) is 1.44. The molecule has 1 fully saturated rings. The van der Waals surface area contributed by atoms with Gasteiger partial charge in [-0.05, 0) is 44.2 Å². The second-order valence-corrected chi connectivity index (χ2v) is 8.55. The first-order valence-electron chi connectivity index (χ1n) is 10.6. The van der Waals surface area contributed by atoms with Crippen LogP contribution in [0.1, 0.15) is 40.5 Å². The molecule has 2 heterocycles. The predicted octanol–water partition coefficient (Wildman–Crippen LogP) is 2.70. The molecule has 1 aliphatic heterocycles. The van der Waals surface area contributed by atoms with Crippen LogP contribution in [0.25, 0.3) is 11.0 Å². The van der Waals surface area contributed by atoms with E-state index in [1.54, 1.807) is 9.13 Å². The minimum Gasteiger partial charge on any atom is -0.352 e. The molecule has 1 aromatic carbocycles. The third kappa shape index (κ3) is 4.66. The molecule has 1 saturated heterocycles. The fourth-order valence-corrected chi connectivity index (χ4v) is 4.73. The number of piperidine rings is 1. The molecular weight excluding hydrogens is 352 g/mol. The Morgan fingerprint density at radius 2 is 1.75 bits per heavy atom. The number of para-hydroxylation sites is 2. The number of fused-ring (bicyclic) bond motifs is 1. The Bertz CT molecular complexity index is 859. The summed E-state index contributed by atoms with van der Waals surface area (Å²) in [6.07, 6.45) is 1.60. The summed E-state index contributed by atoms with van der Waals surface area (Å²) >= 11 is 0. The van der Waals surface area contributed by atoms with Gasteiger partial charge in [0.25, 0.3) is 0 Å². The van der Waals surface area contributed by atoms with Gasteiger partial charge in [0, 0.05) is 45.2 Å². The van der Waals surface area contributed by atoms with Gasteiger partial charge in [-0.3, -0.25) is 13.9 Å². The highest BCUT2D eigenvalue weighted by atomic mass is 16.2. The third-order valence-electron chi connectivity index (χ3n) is 5.69. The highest BCUT2D eigenvalue weighted by Gasteiger charge is 2.23. The molecule has 0 radical (unpaired) electrons. The lowest BCUT2D eigenvalue weighted by molar-refractivity contribution is -0.122. The molecule has 3 rings (SSSR count). The monoisotopic (exact) mass is 386 g/mol. The van der Waals surface area contributed by atoms with Crippen LogP contribution in [0.4, 0.5) is 0 Å². The Balaban J connectivity index is 1.57. The number of benzene rings is 1. The van der Waals surface area contributed by atoms with E-state index in [4.69, 9.17) is 0 Å². The number of aryl methyl sites for hydroxylation is 2. The zero-order valence-electron chi connectivity index (χ0n) is 17.6. The lowest BCUT2D eigenvalue weighted by atomic mass is 9.92. The molecule has 3 unspecified atom stereocenters. The van der Waals surface area contributed by atoms with E-state index in [9.17, 15) is 9.59 Å². The topological polar surface area (TPSA) is 59.3 Å². The first-order valence-corrected chi connectivity index (χ1v) is 10.6. The Morgan fingerprint density at radius 3 is 2.36 bits per heavy atom. The molecule has 154 valence electrons. The normalized spacial score (nSPS) is 21.7. The molecule has 1 N–H and O–H groups in total. The largest absolute Gasteiger partial charge is 0.352 e. The van der Waals surface area contributed by atoms with E-state index in [0.29, 0.717) is 19.5 Å². The third-order valence-corrected chi connectivity index (χ3v) is 5.69. The van der Waals surface area contributed by atoms with Crippen LogP contribution < -0.4 is 11.0 Å². The lowest BCUT2D eigenvalue weighted by Crippen LogP contribution is -2.47. The first kappa shape index (κ1) is 20.6. The van der Waals surface area contributed by atoms with Crippen molar-refractivity contribution in [3.05, 3.63) is 34.7 Å². The summed E-state index contributed by atoms with van der Waals surface area (Å²) in [7, 11) is 0. The predicted molar refractivity (Wildman–Crippen MR) is 113 cm³/mol. The van der Waals surface area contributed by atoms with Crippen molar-refractivity contribution in [2.75, 3.05) is 19.6 Å². The molecule has 0 spiro atoms. The number of imidazole rings is 1. The van der Waals surface area contributed by atoms with Crippen LogP contribution in [0.3, 0.4) is 0 Å². The average Bonchev–Trinajstić information content (AvgIpc) is 2.89. The Kier molecular flexibility index (Phi) is 6.60. The number of nitrogens with zero attached hydrogens (tertiary/aromatic N) is 3. The van der Waals surface area contributed by atoms with Crippen LogP contribution in [0.15, 0.2) is 29.1 Å². The fourth-order valence-electron chi connectivity index (χ4n) is 4.73. The number of nitrogens with one attached hydrogen (secondary N) is 1. The van der Waals surface area contributed by atoms with Crippen molar-refractivity contribution in [2.24, 2.45) is 11.8 Å². The number of hydrogen-bond acceptors (Lipinski definition) is 3. The SMILES string of the molecule is CCn1c(=O)n(CCC(=O)NC(C)CN2CC(C)CC(C)C2)c2ccccc21. The van der Waals surface area contributed by atoms with E-state index in [2.05, 4.69) is 31.0 Å². The molecule has 6 nitrogen and oxygen atoms in total. The van der Waals surface area contributed by atoms with Crippen molar-refractivity contribution in [3.8, 4) is 0 Å². The summed E-state index contributed by atoms with van der Waals surface area (Å²) < 4.78 is 3.48. The maximum absolute atomic E-state index is 12.7. The van der Waals surface area contributed by atoms with Gasteiger partial charge in [0.15, 0.2) is 0 Å². The van der Waals surface area contributed by atoms with Gasteiger partial charge in [-0.2, -0.15) is 0 Å². The fraction of sp³-hybridized carbons (Fsp3) is 0.636. The molecular formula is C22H34N4O2. The zero-order valence-corrected chi connectivity index (χ0v) is 17.6. The Morgan fingerprint density at radius 1 is 1.14 bits per heavy atom. The maximum atomic E-state index is 12.7. The maximum Gasteiger partial charge on any atom is 0.329 e. The van der Waals surface area contributed by atoms with Crippen molar-refractivity contribution in [3.63, 3.8) is 0 Å². The van der Waals surface area contributed by atoms with Gasteiger partial charge in [-0.1, -0.05) is 26.0 Å². The number of likely N-dealkylation sites (tertiary alicyclic amines) is 1. The van der Waals surface area contributed by atoms with E-state index in [1.807, 2.05) is 31.2 Å². The van der Waals surface area contributed by atoms with Crippen molar-refractivity contribution in [1.82, 2.24) is 19.4 Å². The van der Waals surface area contributed by atoms with Gasteiger partial charge in [0.2, 0.25) is 5.91 Å². The van der Waals surface area contributed by atoms with Crippen LogP contribution in [-0.4, -0.2) is 45.6 Å². The molecule has 2 aromatic rings. The van der Waals surface area contributed by atoms with E-state index in [0.717, 1.165) is 42.5 Å². The van der Waals surface area contributed by atoms with Crippen LogP contribution in [0, 0.1) is 11.8 Å². The van der Waals surface area contributed by atoms with Crippen molar-refractivity contribution in [2.45, 2.75) is 59.7 Å². The molecule has 1 amide bonds. The van der Waals surface area contributed by atoms with Gasteiger partial charge in [-0.15, -0.1) is 0 Å². The van der Waals surface area contributed by atoms with Gasteiger partial charge < -0.3 is 10.2 Å². The van der Waals surface area contributed by atoms with Crippen LogP contribution in [0.5, 0.6) is 0 Å². The summed E-state index contributed by atoms with van der Waals surface area (Å²) in [6.45, 7) is 12.8. The van der Waals surface area contributed by atoms with Crippen molar-refractivity contribution >= 4 is 16.9 Å². The molecule has 1 aromatic heterocycles. The van der Waals surface area contributed by atoms with E-state index < -0.39 is 0 Å². The van der Waals surface area contributed by atoms with E-state index >= 15 is 0 Å². The second kappa shape index (κ2) is 8.95. The van der Waals surface area contributed by atoms with Gasteiger partial charge in [-0.25, -0.2) is 4.79 Å². The van der Waals surface area contributed by atoms with Gasteiger partial charge in [0.05, 0.1) is 11.0 Å². The minimum absolute atomic E-state index is 0.00540. The van der Waals surface area contributed by atoms with Gasteiger partial charge in [0.1, 0.15) is 0 Å². The highest BCUT2D eigenvalue weighted by Crippen LogP contribution is 2.20. The van der Waals surface area contributed by atoms with Crippen LogP contribution >= 0.6 is 0 Å². The number of carbonyl (C=O) groups excluding carboxylic acids is 1. The Hall–Kier alpha value is -2.08. The summed E-state index contributed by atoms with van der Waals surface area (Å²) in [5.41, 5.74) is 1.78. The average molecular weight is 387 g/mol. The smallest absolute Gasteiger partial charge is 0.329 e. The number of aromatic nitrogens is 2. The summed E-state index contributed by atoms with van der Waals surface area (Å²) in [6, 6.07) is 7.89. The van der Waals surface area contributed by atoms with E-state index in [1.165, 1.54) is 6.42 Å². The summed E-state index contributed by atoms with van der Waals surface area (Å²) in [5, 5.41) is 3.11. The molecule has 0 aliphatic carbocycles. The zero-order chi connectivity index (χ0) is 20.3. The lowest BCUT2D eigenvalue weighted by Gasteiger charge is -2.36. The molecule has 6 heteroatoms. The van der Waals surface area contributed by atoms with Crippen molar-refractivity contribution in [1.29, 1.82) is 0 Å². The quantitative estimate of drug-likeness (QED) is 0.796. The molecule has 0 bridgehead atoms. The highest BCUT2D eigenvalue weighted by molar-refractivity contribution is 5.78. The minimum atomic E-state index is -0.0409. The molecule has 28 heavy (non-hydrogen) atoms. The number of carbonyl (C=O) groups is 1.